The SMILES string of the molecule is CCCCCCCCCCCC(n1cc[n+](CCCC)c1)C(C)(Cc1ccccc1)c1ccccc1. The summed E-state index contributed by atoms with van der Waals surface area (Å²) >= 11 is 0. The van der Waals surface area contributed by atoms with Gasteiger partial charge in [0.15, 0.2) is 0 Å². The number of rotatable bonds is 18. The normalized spacial score (nSPS) is 14.0. The van der Waals surface area contributed by atoms with Crippen molar-refractivity contribution < 1.29 is 4.57 Å². The van der Waals surface area contributed by atoms with Gasteiger partial charge in [-0.05, 0) is 36.8 Å². The topological polar surface area (TPSA) is 8.81 Å². The van der Waals surface area contributed by atoms with Crippen molar-refractivity contribution in [2.24, 2.45) is 0 Å². The number of aromatic nitrogens is 2. The molecule has 0 N–H and O–H groups in total. The van der Waals surface area contributed by atoms with Crippen LogP contribution in [0.5, 0.6) is 0 Å². The molecule has 0 amide bonds. The maximum Gasteiger partial charge on any atom is 0.244 e. The quantitative estimate of drug-likeness (QED) is 0.125. The molecule has 2 atom stereocenters. The second kappa shape index (κ2) is 15.7. The smallest absolute Gasteiger partial charge is 0.237 e. The molecule has 0 bridgehead atoms. The van der Waals surface area contributed by atoms with Crippen LogP contribution in [0, 0.1) is 0 Å². The molecule has 0 aliphatic rings. The van der Waals surface area contributed by atoms with Gasteiger partial charge in [0, 0.05) is 5.41 Å². The van der Waals surface area contributed by atoms with Crippen LogP contribution in [0.2, 0.25) is 0 Å². The maximum atomic E-state index is 2.54. The van der Waals surface area contributed by atoms with E-state index in [0.717, 1.165) is 13.0 Å². The van der Waals surface area contributed by atoms with Gasteiger partial charge in [0.1, 0.15) is 18.4 Å². The second-order valence-electron chi connectivity index (χ2n) is 11.0. The average molecular weight is 488 g/mol. The van der Waals surface area contributed by atoms with E-state index in [4.69, 9.17) is 0 Å². The van der Waals surface area contributed by atoms with Crippen LogP contribution >= 0.6 is 0 Å². The van der Waals surface area contributed by atoms with E-state index in [0.29, 0.717) is 6.04 Å². The van der Waals surface area contributed by atoms with Crippen molar-refractivity contribution in [3.63, 3.8) is 0 Å². The van der Waals surface area contributed by atoms with Crippen molar-refractivity contribution in [3.8, 4) is 0 Å². The van der Waals surface area contributed by atoms with E-state index in [-0.39, 0.29) is 5.41 Å². The summed E-state index contributed by atoms with van der Waals surface area (Å²) < 4.78 is 4.93. The van der Waals surface area contributed by atoms with Crippen molar-refractivity contribution in [2.75, 3.05) is 0 Å². The highest BCUT2D eigenvalue weighted by molar-refractivity contribution is 5.30. The van der Waals surface area contributed by atoms with E-state index in [1.807, 2.05) is 0 Å². The first-order valence-electron chi connectivity index (χ1n) is 14.8. The van der Waals surface area contributed by atoms with Gasteiger partial charge in [0.2, 0.25) is 6.33 Å². The Bertz CT molecular complexity index is 946. The molecular formula is C34H51N2+. The van der Waals surface area contributed by atoms with E-state index < -0.39 is 0 Å². The van der Waals surface area contributed by atoms with Crippen LogP contribution in [0.4, 0.5) is 0 Å². The molecule has 0 spiro atoms. The lowest BCUT2D eigenvalue weighted by atomic mass is 9.70. The standard InChI is InChI=1S/C34H51N2/c1-4-6-8-9-10-11-12-13-20-25-33(36-28-27-35(30-36)26-7-5-2)34(3,32-23-18-15-19-24-32)29-31-21-16-14-17-22-31/h14-19,21-24,27-28,30,33H,4-13,20,25-26,29H2,1-3H3/q+1. The molecule has 2 nitrogen and oxygen atoms in total. The predicted octanol–water partition coefficient (Wildman–Crippen LogP) is 9.24. The summed E-state index contributed by atoms with van der Waals surface area (Å²) in [6, 6.07) is 22.8. The fourth-order valence-corrected chi connectivity index (χ4v) is 5.76. The Morgan fingerprint density at radius 1 is 0.722 bits per heavy atom. The number of nitrogens with zero attached hydrogens (tertiary/aromatic N) is 2. The van der Waals surface area contributed by atoms with Crippen molar-refractivity contribution >= 4 is 0 Å². The molecule has 3 rings (SSSR count). The highest BCUT2D eigenvalue weighted by Crippen LogP contribution is 2.41. The Morgan fingerprint density at radius 2 is 1.31 bits per heavy atom. The molecule has 2 unspecified atom stereocenters. The van der Waals surface area contributed by atoms with E-state index in [9.17, 15) is 0 Å². The number of hydrogen-bond donors (Lipinski definition) is 0. The molecule has 0 aliphatic heterocycles. The third-order valence-corrected chi connectivity index (χ3v) is 8.01. The predicted molar refractivity (Wildman–Crippen MR) is 154 cm³/mol. The lowest BCUT2D eigenvalue weighted by Gasteiger charge is -2.37. The van der Waals surface area contributed by atoms with Gasteiger partial charge in [-0.15, -0.1) is 0 Å². The summed E-state index contributed by atoms with van der Waals surface area (Å²) in [7, 11) is 0. The number of benzene rings is 2. The first-order chi connectivity index (χ1) is 17.7. The van der Waals surface area contributed by atoms with E-state index in [1.54, 1.807) is 0 Å². The van der Waals surface area contributed by atoms with E-state index in [1.165, 1.54) is 88.2 Å². The highest BCUT2D eigenvalue weighted by Gasteiger charge is 2.40. The second-order valence-corrected chi connectivity index (χ2v) is 11.0. The van der Waals surface area contributed by atoms with Gasteiger partial charge in [0.25, 0.3) is 0 Å². The Hall–Kier alpha value is -2.35. The first-order valence-corrected chi connectivity index (χ1v) is 14.8. The van der Waals surface area contributed by atoms with Gasteiger partial charge >= 0.3 is 0 Å². The number of aryl methyl sites for hydroxylation is 1. The van der Waals surface area contributed by atoms with Gasteiger partial charge in [-0.1, -0.05) is 139 Å². The maximum absolute atomic E-state index is 2.54. The summed E-state index contributed by atoms with van der Waals surface area (Å²) in [6.45, 7) is 8.18. The Labute approximate surface area is 221 Å². The summed E-state index contributed by atoms with van der Waals surface area (Å²) in [5.41, 5.74) is 2.89. The van der Waals surface area contributed by atoms with Gasteiger partial charge in [-0.2, -0.15) is 0 Å². The summed E-state index contributed by atoms with van der Waals surface area (Å²) in [6.07, 6.45) is 24.1. The Kier molecular flexibility index (Phi) is 12.3. The highest BCUT2D eigenvalue weighted by atomic mass is 15.1. The van der Waals surface area contributed by atoms with Crippen LogP contribution in [0.25, 0.3) is 0 Å². The summed E-state index contributed by atoms with van der Waals surface area (Å²) in [5, 5.41) is 0. The minimum absolute atomic E-state index is 0.0182. The molecule has 1 aromatic heterocycles. The fourth-order valence-electron chi connectivity index (χ4n) is 5.76. The Morgan fingerprint density at radius 3 is 1.94 bits per heavy atom. The number of imidazole rings is 1. The summed E-state index contributed by atoms with van der Waals surface area (Å²) in [5.74, 6) is 0. The molecule has 0 saturated heterocycles. The average Bonchev–Trinajstić information content (AvgIpc) is 3.38. The zero-order valence-electron chi connectivity index (χ0n) is 23.4. The van der Waals surface area contributed by atoms with Crippen LogP contribution in [-0.4, -0.2) is 4.57 Å². The molecule has 0 radical (unpaired) electrons. The minimum Gasteiger partial charge on any atom is -0.237 e. The molecule has 196 valence electrons. The molecule has 0 fully saturated rings. The molecule has 0 saturated carbocycles. The first kappa shape index (κ1) is 28.2. The van der Waals surface area contributed by atoms with Crippen LogP contribution in [0.1, 0.15) is 115 Å². The largest absolute Gasteiger partial charge is 0.244 e. The molecule has 0 aliphatic carbocycles. The lowest BCUT2D eigenvalue weighted by Crippen LogP contribution is -2.38. The van der Waals surface area contributed by atoms with Crippen molar-refractivity contribution in [1.82, 2.24) is 4.57 Å². The number of hydrogen-bond acceptors (Lipinski definition) is 0. The molecule has 36 heavy (non-hydrogen) atoms. The van der Waals surface area contributed by atoms with Crippen molar-refractivity contribution in [1.29, 1.82) is 0 Å². The third-order valence-electron chi connectivity index (χ3n) is 8.01. The summed E-state index contributed by atoms with van der Waals surface area (Å²) in [4.78, 5) is 0. The molecular weight excluding hydrogens is 436 g/mol. The van der Waals surface area contributed by atoms with Gasteiger partial charge in [0.05, 0.1) is 6.54 Å². The van der Waals surface area contributed by atoms with Crippen molar-refractivity contribution in [2.45, 2.75) is 122 Å². The van der Waals surface area contributed by atoms with Crippen molar-refractivity contribution in [3.05, 3.63) is 90.5 Å². The van der Waals surface area contributed by atoms with Crippen LogP contribution in [-0.2, 0) is 18.4 Å². The third kappa shape index (κ3) is 8.64. The van der Waals surface area contributed by atoms with Crippen LogP contribution in [0.3, 0.4) is 0 Å². The number of unbranched alkanes of at least 4 members (excludes halogenated alkanes) is 9. The van der Waals surface area contributed by atoms with Gasteiger partial charge in [-0.25, -0.2) is 9.13 Å². The fraction of sp³-hybridized carbons (Fsp3) is 0.559. The Balaban J connectivity index is 1.78. The molecule has 1 heterocycles. The van der Waals surface area contributed by atoms with E-state index in [2.05, 4.69) is 109 Å². The molecule has 2 heteroatoms. The van der Waals surface area contributed by atoms with Gasteiger partial charge < -0.3 is 0 Å². The van der Waals surface area contributed by atoms with Gasteiger partial charge in [-0.3, -0.25) is 0 Å². The van der Waals surface area contributed by atoms with E-state index >= 15 is 0 Å². The lowest BCUT2D eigenvalue weighted by molar-refractivity contribution is -0.697. The molecule has 3 aromatic rings. The van der Waals surface area contributed by atoms with Crippen LogP contribution < -0.4 is 4.57 Å². The minimum atomic E-state index is 0.0182. The van der Waals surface area contributed by atoms with Crippen LogP contribution in [0.15, 0.2) is 79.4 Å². The molecule has 2 aromatic carbocycles. The monoisotopic (exact) mass is 487 g/mol. The zero-order chi connectivity index (χ0) is 25.5. The zero-order valence-corrected chi connectivity index (χ0v) is 23.4.